The Hall–Kier alpha value is -3.00. The maximum absolute atomic E-state index is 15.0. The van der Waals surface area contributed by atoms with Gasteiger partial charge in [0.15, 0.2) is 5.82 Å². The zero-order chi connectivity index (χ0) is 20.2. The summed E-state index contributed by atoms with van der Waals surface area (Å²) in [5.74, 6) is -1.96. The molecule has 4 aromatic rings. The first-order chi connectivity index (χ1) is 13.3. The van der Waals surface area contributed by atoms with Crippen LogP contribution in [0, 0.1) is 24.4 Å². The van der Waals surface area contributed by atoms with E-state index >= 15 is 4.39 Å². The summed E-state index contributed by atoms with van der Waals surface area (Å²) in [4.78, 5) is 4.18. The van der Waals surface area contributed by atoms with Gasteiger partial charge in [0.2, 0.25) is 0 Å². The van der Waals surface area contributed by atoms with Crippen molar-refractivity contribution >= 4 is 22.6 Å². The molecule has 2 heterocycles. The number of hydrogen-bond acceptors (Lipinski definition) is 3. The number of imidazole rings is 1. The van der Waals surface area contributed by atoms with Crippen LogP contribution < -0.4 is 4.74 Å². The number of ether oxygens (including phenoxy) is 1. The number of halogens is 4. The molecule has 0 saturated carbocycles. The first-order valence-corrected chi connectivity index (χ1v) is 8.59. The smallest absolute Gasteiger partial charge is 0.156 e. The third kappa shape index (κ3) is 2.63. The van der Waals surface area contributed by atoms with E-state index in [0.717, 1.165) is 6.07 Å². The van der Waals surface area contributed by atoms with Crippen LogP contribution >= 0.6 is 11.6 Å². The monoisotopic (exact) mass is 406 g/mol. The minimum absolute atomic E-state index is 0.105. The summed E-state index contributed by atoms with van der Waals surface area (Å²) in [5.41, 5.74) is 1.24. The molecular weight excluding hydrogens is 393 g/mol. The van der Waals surface area contributed by atoms with Gasteiger partial charge in [0.05, 0.1) is 35.0 Å². The third-order valence-electron chi connectivity index (χ3n) is 4.52. The van der Waals surface area contributed by atoms with Crippen molar-refractivity contribution in [2.75, 3.05) is 7.11 Å². The lowest BCUT2D eigenvalue weighted by Crippen LogP contribution is -2.04. The summed E-state index contributed by atoms with van der Waals surface area (Å²) in [7, 11) is 2.92. The predicted molar refractivity (Wildman–Crippen MR) is 99.4 cm³/mol. The fraction of sp³-hybridized carbons (Fsp3) is 0.158. The lowest BCUT2D eigenvalue weighted by atomic mass is 10.0. The Kier molecular flexibility index (Phi) is 4.30. The molecule has 2 aromatic carbocycles. The van der Waals surface area contributed by atoms with Crippen LogP contribution in [0.25, 0.3) is 28.0 Å². The Morgan fingerprint density at radius 2 is 1.86 bits per heavy atom. The number of aromatic nitrogens is 4. The highest BCUT2D eigenvalue weighted by molar-refractivity contribution is 6.32. The summed E-state index contributed by atoms with van der Waals surface area (Å²) in [6.07, 6.45) is 1.45. The lowest BCUT2D eigenvalue weighted by molar-refractivity contribution is 0.407. The van der Waals surface area contributed by atoms with E-state index in [2.05, 4.69) is 10.1 Å². The summed E-state index contributed by atoms with van der Waals surface area (Å²) in [6, 6.07) is 5.13. The Morgan fingerprint density at radius 3 is 2.57 bits per heavy atom. The van der Waals surface area contributed by atoms with E-state index in [0.29, 0.717) is 22.5 Å². The first kappa shape index (κ1) is 18.4. The van der Waals surface area contributed by atoms with Gasteiger partial charge in [-0.25, -0.2) is 18.2 Å². The van der Waals surface area contributed by atoms with E-state index in [1.807, 2.05) is 0 Å². The maximum atomic E-state index is 15.0. The van der Waals surface area contributed by atoms with Crippen molar-refractivity contribution < 1.29 is 17.9 Å². The van der Waals surface area contributed by atoms with Crippen molar-refractivity contribution in [1.29, 1.82) is 0 Å². The SMILES string of the molecule is COc1cc(F)c(-c2c(C)nn(C)c2-n2cnc3cc(F)ccc32)c(F)c1Cl. The van der Waals surface area contributed by atoms with E-state index in [9.17, 15) is 8.78 Å². The maximum Gasteiger partial charge on any atom is 0.156 e. The van der Waals surface area contributed by atoms with Gasteiger partial charge in [-0.1, -0.05) is 11.6 Å². The molecule has 0 aliphatic carbocycles. The molecule has 4 rings (SSSR count). The topological polar surface area (TPSA) is 44.9 Å². The minimum atomic E-state index is -0.952. The molecular formula is C19H14ClF3N4O. The van der Waals surface area contributed by atoms with E-state index in [1.165, 1.54) is 36.3 Å². The second-order valence-corrected chi connectivity index (χ2v) is 6.60. The number of hydrogen-bond donors (Lipinski definition) is 0. The normalized spacial score (nSPS) is 11.4. The molecule has 0 unspecified atom stereocenters. The van der Waals surface area contributed by atoms with E-state index in [1.54, 1.807) is 18.5 Å². The van der Waals surface area contributed by atoms with E-state index in [4.69, 9.17) is 16.3 Å². The molecule has 2 aromatic heterocycles. The van der Waals surface area contributed by atoms with E-state index < -0.39 is 17.5 Å². The van der Waals surface area contributed by atoms with Crippen molar-refractivity contribution in [2.24, 2.45) is 7.05 Å². The van der Waals surface area contributed by atoms with Crippen LogP contribution in [0.15, 0.2) is 30.6 Å². The van der Waals surface area contributed by atoms with Crippen molar-refractivity contribution in [2.45, 2.75) is 6.92 Å². The van der Waals surface area contributed by atoms with Crippen LogP contribution in [0.2, 0.25) is 5.02 Å². The summed E-state index contributed by atoms with van der Waals surface area (Å²) in [6.45, 7) is 1.63. The van der Waals surface area contributed by atoms with Gasteiger partial charge in [-0.15, -0.1) is 0 Å². The molecule has 28 heavy (non-hydrogen) atoms. The Labute approximate surface area is 162 Å². The van der Waals surface area contributed by atoms with Gasteiger partial charge < -0.3 is 4.74 Å². The van der Waals surface area contributed by atoms with Crippen molar-refractivity contribution in [3.63, 3.8) is 0 Å². The van der Waals surface area contributed by atoms with Crippen LogP contribution in [-0.2, 0) is 7.05 Å². The van der Waals surface area contributed by atoms with Crippen molar-refractivity contribution in [1.82, 2.24) is 19.3 Å². The van der Waals surface area contributed by atoms with Crippen LogP contribution in [-0.4, -0.2) is 26.4 Å². The van der Waals surface area contributed by atoms with Gasteiger partial charge in [-0.05, 0) is 19.1 Å². The van der Waals surface area contributed by atoms with Gasteiger partial charge in [0.25, 0.3) is 0 Å². The van der Waals surface area contributed by atoms with Crippen LogP contribution in [0.1, 0.15) is 5.69 Å². The second kappa shape index (κ2) is 6.56. The average molecular weight is 407 g/mol. The van der Waals surface area contributed by atoms with Gasteiger partial charge in [-0.2, -0.15) is 5.10 Å². The van der Waals surface area contributed by atoms with Crippen LogP contribution in [0.4, 0.5) is 13.2 Å². The Balaban J connectivity index is 2.05. The number of aryl methyl sites for hydroxylation is 2. The van der Waals surface area contributed by atoms with Crippen LogP contribution in [0.3, 0.4) is 0 Å². The molecule has 0 atom stereocenters. The molecule has 9 heteroatoms. The van der Waals surface area contributed by atoms with Gasteiger partial charge in [0.1, 0.15) is 34.6 Å². The third-order valence-corrected chi connectivity index (χ3v) is 4.88. The molecule has 0 amide bonds. The first-order valence-electron chi connectivity index (χ1n) is 8.22. The number of rotatable bonds is 3. The summed E-state index contributed by atoms with van der Waals surface area (Å²) in [5, 5.41) is 3.98. The number of methoxy groups -OCH3 is 1. The highest BCUT2D eigenvalue weighted by Crippen LogP contribution is 2.40. The zero-order valence-corrected chi connectivity index (χ0v) is 15.9. The Bertz CT molecular complexity index is 1230. The molecule has 0 aliphatic heterocycles. The summed E-state index contributed by atoms with van der Waals surface area (Å²) >= 11 is 6.01. The molecule has 0 fully saturated rings. The van der Waals surface area contributed by atoms with Gasteiger partial charge in [0, 0.05) is 19.2 Å². The summed E-state index contributed by atoms with van der Waals surface area (Å²) < 4.78 is 51.4. The predicted octanol–water partition coefficient (Wildman–Crippen LogP) is 4.81. The molecule has 0 N–H and O–H groups in total. The Morgan fingerprint density at radius 1 is 1.11 bits per heavy atom. The quantitative estimate of drug-likeness (QED) is 0.458. The molecule has 0 bridgehead atoms. The second-order valence-electron chi connectivity index (χ2n) is 6.22. The molecule has 0 radical (unpaired) electrons. The highest BCUT2D eigenvalue weighted by Gasteiger charge is 2.27. The molecule has 0 aliphatic rings. The minimum Gasteiger partial charge on any atom is -0.495 e. The number of benzene rings is 2. The van der Waals surface area contributed by atoms with Crippen molar-refractivity contribution in [3.05, 3.63) is 58.8 Å². The van der Waals surface area contributed by atoms with Crippen molar-refractivity contribution in [3.8, 4) is 22.7 Å². The standard InChI is InChI=1S/C19H14ClF3N4O/c1-9-15(16-11(22)7-14(28-3)17(20)18(16)23)19(26(2)25-9)27-8-24-12-6-10(21)4-5-13(12)27/h4-8H,1-3H3. The molecule has 144 valence electrons. The molecule has 5 nitrogen and oxygen atoms in total. The van der Waals surface area contributed by atoms with Gasteiger partial charge in [-0.3, -0.25) is 9.25 Å². The average Bonchev–Trinajstić information content (AvgIpc) is 3.18. The number of nitrogens with zero attached hydrogens (tertiary/aromatic N) is 4. The number of fused-ring (bicyclic) bond motifs is 1. The lowest BCUT2D eigenvalue weighted by Gasteiger charge is -2.13. The fourth-order valence-corrected chi connectivity index (χ4v) is 3.55. The van der Waals surface area contributed by atoms with E-state index in [-0.39, 0.29) is 21.9 Å². The van der Waals surface area contributed by atoms with Crippen LogP contribution in [0.5, 0.6) is 5.75 Å². The highest BCUT2D eigenvalue weighted by atomic mass is 35.5. The zero-order valence-electron chi connectivity index (χ0n) is 15.1. The molecule has 0 saturated heterocycles. The van der Waals surface area contributed by atoms with Gasteiger partial charge >= 0.3 is 0 Å². The fourth-order valence-electron chi connectivity index (χ4n) is 3.32. The largest absolute Gasteiger partial charge is 0.495 e. The molecule has 0 spiro atoms.